The monoisotopic (exact) mass is 286 g/mol. The van der Waals surface area contributed by atoms with Crippen LogP contribution in [0.25, 0.3) is 10.4 Å². The van der Waals surface area contributed by atoms with Crippen molar-refractivity contribution in [3.05, 3.63) is 65.8 Å². The number of hydrogen-bond donors (Lipinski definition) is 1. The van der Waals surface area contributed by atoms with Gasteiger partial charge >= 0.3 is 0 Å². The van der Waals surface area contributed by atoms with E-state index >= 15 is 0 Å². The Kier molecular flexibility index (Phi) is 3.49. The molecule has 3 rings (SSSR count). The molecule has 0 radical (unpaired) electrons. The van der Waals surface area contributed by atoms with Crippen molar-refractivity contribution in [2.75, 3.05) is 5.32 Å². The van der Waals surface area contributed by atoms with Crippen LogP contribution in [0.4, 0.5) is 10.8 Å². The van der Waals surface area contributed by atoms with E-state index in [0.717, 1.165) is 15.7 Å². The molecule has 0 amide bonds. The van der Waals surface area contributed by atoms with Crippen molar-refractivity contribution in [2.45, 2.75) is 0 Å². The van der Waals surface area contributed by atoms with Crippen molar-refractivity contribution >= 4 is 33.8 Å². The number of halogens is 1. The molecule has 2 aromatic carbocycles. The van der Waals surface area contributed by atoms with Crippen LogP contribution >= 0.6 is 22.9 Å². The molecule has 3 aromatic rings. The number of rotatable bonds is 3. The normalized spacial score (nSPS) is 10.4. The first-order valence-corrected chi connectivity index (χ1v) is 7.05. The molecule has 0 bridgehead atoms. The van der Waals surface area contributed by atoms with Gasteiger partial charge in [-0.15, -0.1) is 0 Å². The number of benzene rings is 2. The van der Waals surface area contributed by atoms with Crippen molar-refractivity contribution in [1.29, 1.82) is 0 Å². The molecule has 0 atom stereocenters. The third-order valence-corrected chi connectivity index (χ3v) is 3.97. The van der Waals surface area contributed by atoms with Gasteiger partial charge in [0.2, 0.25) is 0 Å². The molecule has 0 saturated carbocycles. The van der Waals surface area contributed by atoms with Crippen LogP contribution < -0.4 is 5.32 Å². The average molecular weight is 287 g/mol. The second-order valence-electron chi connectivity index (χ2n) is 4.00. The van der Waals surface area contributed by atoms with Crippen LogP contribution in [0, 0.1) is 0 Å². The number of nitrogens with zero attached hydrogens (tertiary/aromatic N) is 1. The van der Waals surface area contributed by atoms with Gasteiger partial charge in [-0.05, 0) is 17.7 Å². The van der Waals surface area contributed by atoms with Crippen LogP contribution in [0.1, 0.15) is 0 Å². The second kappa shape index (κ2) is 5.43. The van der Waals surface area contributed by atoms with Crippen molar-refractivity contribution in [2.24, 2.45) is 0 Å². The lowest BCUT2D eigenvalue weighted by Gasteiger charge is -2.03. The molecule has 0 saturated heterocycles. The van der Waals surface area contributed by atoms with Crippen LogP contribution in [0.15, 0.2) is 60.8 Å². The fraction of sp³-hybridized carbons (Fsp3) is 0. The van der Waals surface area contributed by atoms with Crippen molar-refractivity contribution in [3.63, 3.8) is 0 Å². The van der Waals surface area contributed by atoms with Gasteiger partial charge in [-0.1, -0.05) is 65.4 Å². The van der Waals surface area contributed by atoms with Gasteiger partial charge in [0.1, 0.15) is 0 Å². The first-order chi connectivity index (χ1) is 9.33. The van der Waals surface area contributed by atoms with Gasteiger partial charge in [0, 0.05) is 6.20 Å². The molecule has 0 unspecified atom stereocenters. The Bertz CT molecular complexity index is 679. The summed E-state index contributed by atoms with van der Waals surface area (Å²) in [6.07, 6.45) is 1.87. The van der Waals surface area contributed by atoms with Gasteiger partial charge in [-0.25, -0.2) is 4.98 Å². The Labute approximate surface area is 120 Å². The van der Waals surface area contributed by atoms with Crippen molar-refractivity contribution in [1.82, 2.24) is 4.98 Å². The van der Waals surface area contributed by atoms with Crippen molar-refractivity contribution < 1.29 is 0 Å². The fourth-order valence-electron chi connectivity index (χ4n) is 1.75. The summed E-state index contributed by atoms with van der Waals surface area (Å²) in [7, 11) is 0. The van der Waals surface area contributed by atoms with Crippen molar-refractivity contribution in [3.8, 4) is 10.4 Å². The molecule has 4 heteroatoms. The summed E-state index contributed by atoms with van der Waals surface area (Å²) < 4.78 is 0. The van der Waals surface area contributed by atoms with E-state index in [1.54, 1.807) is 11.3 Å². The number of para-hydroxylation sites is 1. The predicted molar refractivity (Wildman–Crippen MR) is 82.3 cm³/mol. The van der Waals surface area contributed by atoms with Gasteiger partial charge in [-0.3, -0.25) is 0 Å². The summed E-state index contributed by atoms with van der Waals surface area (Å²) >= 11 is 7.72. The summed E-state index contributed by atoms with van der Waals surface area (Å²) in [4.78, 5) is 5.51. The quantitative estimate of drug-likeness (QED) is 0.715. The zero-order chi connectivity index (χ0) is 13.1. The second-order valence-corrected chi connectivity index (χ2v) is 5.44. The highest BCUT2D eigenvalue weighted by molar-refractivity contribution is 7.18. The van der Waals surface area contributed by atoms with Crippen LogP contribution in [0.2, 0.25) is 5.02 Å². The summed E-state index contributed by atoms with van der Waals surface area (Å²) in [5, 5.41) is 4.77. The largest absolute Gasteiger partial charge is 0.330 e. The van der Waals surface area contributed by atoms with E-state index in [1.807, 2.05) is 48.7 Å². The minimum absolute atomic E-state index is 0.693. The smallest absolute Gasteiger partial charge is 0.187 e. The predicted octanol–water partition coefficient (Wildman–Crippen LogP) is 5.21. The number of nitrogens with one attached hydrogen (secondary N) is 1. The van der Waals surface area contributed by atoms with E-state index in [4.69, 9.17) is 11.6 Å². The van der Waals surface area contributed by atoms with Gasteiger partial charge in [0.05, 0.1) is 15.6 Å². The standard InChI is InChI=1S/C15H11ClN2S/c16-12-8-4-5-9-13(12)18-15-17-10-14(19-15)11-6-2-1-3-7-11/h1-10H,(H,17,18). The van der Waals surface area contributed by atoms with Crippen LogP contribution in [-0.4, -0.2) is 4.98 Å². The molecule has 0 aliphatic carbocycles. The van der Waals surface area contributed by atoms with E-state index < -0.39 is 0 Å². The van der Waals surface area contributed by atoms with E-state index in [9.17, 15) is 0 Å². The van der Waals surface area contributed by atoms with E-state index in [1.165, 1.54) is 5.56 Å². The van der Waals surface area contributed by atoms with Gasteiger partial charge in [0.15, 0.2) is 5.13 Å². The molecule has 2 nitrogen and oxygen atoms in total. The number of hydrogen-bond acceptors (Lipinski definition) is 3. The average Bonchev–Trinajstić information content (AvgIpc) is 2.91. The van der Waals surface area contributed by atoms with Crippen LogP contribution in [-0.2, 0) is 0 Å². The first-order valence-electron chi connectivity index (χ1n) is 5.86. The lowest BCUT2D eigenvalue weighted by Crippen LogP contribution is -1.88. The fourth-order valence-corrected chi connectivity index (χ4v) is 2.76. The number of anilines is 2. The molecular formula is C15H11ClN2S. The zero-order valence-corrected chi connectivity index (χ0v) is 11.6. The molecule has 1 aromatic heterocycles. The van der Waals surface area contributed by atoms with E-state index in [2.05, 4.69) is 22.4 Å². The molecule has 1 heterocycles. The minimum atomic E-state index is 0.693. The summed E-state index contributed by atoms with van der Waals surface area (Å²) in [6, 6.07) is 17.9. The molecular weight excluding hydrogens is 276 g/mol. The zero-order valence-electron chi connectivity index (χ0n) is 10.0. The topological polar surface area (TPSA) is 24.9 Å². The maximum Gasteiger partial charge on any atom is 0.187 e. The highest BCUT2D eigenvalue weighted by atomic mass is 35.5. The van der Waals surface area contributed by atoms with Gasteiger partial charge in [-0.2, -0.15) is 0 Å². The lowest BCUT2D eigenvalue weighted by molar-refractivity contribution is 1.39. The van der Waals surface area contributed by atoms with Gasteiger partial charge in [0.25, 0.3) is 0 Å². The van der Waals surface area contributed by atoms with Crippen LogP contribution in [0.5, 0.6) is 0 Å². The Morgan fingerprint density at radius 2 is 1.68 bits per heavy atom. The highest BCUT2D eigenvalue weighted by Gasteiger charge is 2.05. The first kappa shape index (κ1) is 12.2. The molecule has 94 valence electrons. The third kappa shape index (κ3) is 2.78. The summed E-state index contributed by atoms with van der Waals surface area (Å²) in [5.41, 5.74) is 2.05. The Morgan fingerprint density at radius 1 is 0.947 bits per heavy atom. The Balaban J connectivity index is 1.85. The molecule has 0 fully saturated rings. The molecule has 0 aliphatic rings. The maximum absolute atomic E-state index is 6.11. The Hall–Kier alpha value is -1.84. The molecule has 0 spiro atoms. The van der Waals surface area contributed by atoms with E-state index in [0.29, 0.717) is 5.02 Å². The van der Waals surface area contributed by atoms with E-state index in [-0.39, 0.29) is 0 Å². The molecule has 19 heavy (non-hydrogen) atoms. The molecule has 0 aliphatic heterocycles. The van der Waals surface area contributed by atoms with Crippen LogP contribution in [0.3, 0.4) is 0 Å². The highest BCUT2D eigenvalue weighted by Crippen LogP contribution is 2.32. The Morgan fingerprint density at radius 3 is 2.47 bits per heavy atom. The number of aromatic nitrogens is 1. The summed E-state index contributed by atoms with van der Waals surface area (Å²) in [5.74, 6) is 0. The van der Waals surface area contributed by atoms with Gasteiger partial charge < -0.3 is 5.32 Å². The maximum atomic E-state index is 6.11. The SMILES string of the molecule is Clc1ccccc1Nc1ncc(-c2ccccc2)s1. The molecule has 1 N–H and O–H groups in total. The lowest BCUT2D eigenvalue weighted by atomic mass is 10.2. The summed E-state index contributed by atoms with van der Waals surface area (Å²) in [6.45, 7) is 0. The third-order valence-electron chi connectivity index (χ3n) is 2.68. The minimum Gasteiger partial charge on any atom is -0.330 e. The number of thiazole rings is 1.